The number of hydrogen-bond donors (Lipinski definition) is 2. The van der Waals surface area contributed by atoms with Crippen LogP contribution in [0.1, 0.15) is 51.0 Å². The first-order valence-corrected chi connectivity index (χ1v) is 13.1. The summed E-state index contributed by atoms with van der Waals surface area (Å²) in [6.45, 7) is 2.74. The van der Waals surface area contributed by atoms with Crippen LogP contribution in [0.5, 0.6) is 0 Å². The summed E-state index contributed by atoms with van der Waals surface area (Å²) in [5.41, 5.74) is 0.905. The van der Waals surface area contributed by atoms with Crippen molar-refractivity contribution >= 4 is 38.5 Å². The number of amides is 1. The van der Waals surface area contributed by atoms with Gasteiger partial charge in [-0.15, -0.1) is 0 Å². The van der Waals surface area contributed by atoms with E-state index in [-0.39, 0.29) is 10.8 Å². The van der Waals surface area contributed by atoms with E-state index in [2.05, 4.69) is 39.6 Å². The molecule has 0 bridgehead atoms. The smallest absolute Gasteiger partial charge is 0.241 e. The summed E-state index contributed by atoms with van der Waals surface area (Å²) in [6, 6.07) is 15.2. The number of unbranched alkanes of at least 4 members (excludes halogenated alkanes) is 5. The maximum Gasteiger partial charge on any atom is 0.241 e. The van der Waals surface area contributed by atoms with Crippen molar-refractivity contribution in [1.82, 2.24) is 10.0 Å². The minimum atomic E-state index is -3.80. The van der Waals surface area contributed by atoms with Crippen LogP contribution in [0, 0.1) is 3.57 Å². The highest BCUT2D eigenvalue weighted by molar-refractivity contribution is 14.1. The summed E-state index contributed by atoms with van der Waals surface area (Å²) in [5.74, 6) is -0.290. The Balaban J connectivity index is 2.01. The highest BCUT2D eigenvalue weighted by atomic mass is 127. The molecule has 0 fully saturated rings. The van der Waals surface area contributed by atoms with Gasteiger partial charge in [-0.2, -0.15) is 4.72 Å². The van der Waals surface area contributed by atoms with E-state index in [1.54, 1.807) is 24.3 Å². The molecule has 0 aliphatic carbocycles. The summed E-state index contributed by atoms with van der Waals surface area (Å²) >= 11 is 2.13. The molecule has 2 aromatic carbocycles. The predicted octanol–water partition coefficient (Wildman–Crippen LogP) is 4.66. The van der Waals surface area contributed by atoms with E-state index in [0.29, 0.717) is 13.0 Å². The highest BCUT2D eigenvalue weighted by Gasteiger charge is 2.25. The number of nitrogens with one attached hydrogen (secondary N) is 2. The van der Waals surface area contributed by atoms with Crippen LogP contribution in [0.4, 0.5) is 0 Å². The van der Waals surface area contributed by atoms with Crippen LogP contribution in [0.25, 0.3) is 0 Å². The number of carbonyl (C=O) groups is 1. The Morgan fingerprint density at radius 3 is 2.23 bits per heavy atom. The van der Waals surface area contributed by atoms with Gasteiger partial charge in [-0.1, -0.05) is 69.4 Å². The zero-order valence-corrected chi connectivity index (χ0v) is 20.4. The largest absolute Gasteiger partial charge is 0.355 e. The van der Waals surface area contributed by atoms with Crippen molar-refractivity contribution in [1.29, 1.82) is 0 Å². The van der Waals surface area contributed by atoms with Gasteiger partial charge in [0, 0.05) is 10.1 Å². The Labute approximate surface area is 194 Å². The SMILES string of the molecule is CCCCCCCCNC(=O)[C@H](Cc1ccccc1)NS(=O)(=O)c1ccc(I)cc1. The molecule has 2 rings (SSSR count). The van der Waals surface area contributed by atoms with Crippen LogP contribution in [0.2, 0.25) is 0 Å². The highest BCUT2D eigenvalue weighted by Crippen LogP contribution is 2.14. The average Bonchev–Trinajstić information content (AvgIpc) is 2.73. The number of hydrogen-bond acceptors (Lipinski definition) is 3. The third-order valence-corrected chi connectivity index (χ3v) is 7.06. The minimum Gasteiger partial charge on any atom is -0.355 e. The lowest BCUT2D eigenvalue weighted by molar-refractivity contribution is -0.122. The maximum absolute atomic E-state index is 12.8. The number of sulfonamides is 1. The van der Waals surface area contributed by atoms with Crippen molar-refractivity contribution in [2.24, 2.45) is 0 Å². The summed E-state index contributed by atoms with van der Waals surface area (Å²) in [5, 5.41) is 2.91. The van der Waals surface area contributed by atoms with E-state index in [0.717, 1.165) is 28.4 Å². The number of halogens is 1. The Bertz CT molecular complexity index is 871. The van der Waals surface area contributed by atoms with Crippen molar-refractivity contribution in [2.75, 3.05) is 6.54 Å². The van der Waals surface area contributed by atoms with Gasteiger partial charge in [0.05, 0.1) is 4.90 Å². The molecule has 0 saturated heterocycles. The van der Waals surface area contributed by atoms with E-state index in [4.69, 9.17) is 0 Å². The van der Waals surface area contributed by atoms with Gasteiger partial charge in [-0.3, -0.25) is 4.79 Å². The fraction of sp³-hybridized carbons (Fsp3) is 0.435. The monoisotopic (exact) mass is 542 g/mol. The third-order valence-electron chi connectivity index (χ3n) is 4.85. The van der Waals surface area contributed by atoms with Crippen molar-refractivity contribution < 1.29 is 13.2 Å². The quantitative estimate of drug-likeness (QED) is 0.286. The lowest BCUT2D eigenvalue weighted by Gasteiger charge is -2.19. The summed E-state index contributed by atoms with van der Waals surface area (Å²) < 4.78 is 29.2. The molecule has 7 heteroatoms. The first-order chi connectivity index (χ1) is 14.4. The Morgan fingerprint density at radius 1 is 0.933 bits per heavy atom. The molecular formula is C23H31IN2O3S. The van der Waals surface area contributed by atoms with Crippen LogP contribution in [-0.4, -0.2) is 26.9 Å². The van der Waals surface area contributed by atoms with Gasteiger partial charge in [0.1, 0.15) is 6.04 Å². The van der Waals surface area contributed by atoms with Crippen molar-refractivity contribution in [3.63, 3.8) is 0 Å². The fourth-order valence-electron chi connectivity index (χ4n) is 3.15. The second-order valence-electron chi connectivity index (χ2n) is 7.38. The zero-order chi connectivity index (χ0) is 21.8. The molecule has 2 aromatic rings. The first kappa shape index (κ1) is 24.8. The van der Waals surface area contributed by atoms with E-state index in [9.17, 15) is 13.2 Å². The normalized spacial score (nSPS) is 12.5. The molecule has 30 heavy (non-hydrogen) atoms. The number of benzene rings is 2. The summed E-state index contributed by atoms with van der Waals surface area (Å²) in [7, 11) is -3.80. The lowest BCUT2D eigenvalue weighted by atomic mass is 10.1. The van der Waals surface area contributed by atoms with Gasteiger partial charge in [0.15, 0.2) is 0 Å². The Morgan fingerprint density at radius 2 is 1.57 bits per heavy atom. The molecule has 164 valence electrons. The molecule has 0 unspecified atom stereocenters. The topological polar surface area (TPSA) is 75.3 Å². The first-order valence-electron chi connectivity index (χ1n) is 10.5. The number of rotatable bonds is 13. The van der Waals surface area contributed by atoms with E-state index < -0.39 is 16.1 Å². The van der Waals surface area contributed by atoms with Crippen molar-refractivity contribution in [3.8, 4) is 0 Å². The number of carbonyl (C=O) groups excluding carboxylic acids is 1. The average molecular weight is 542 g/mol. The van der Waals surface area contributed by atoms with Crippen LogP contribution >= 0.6 is 22.6 Å². The molecule has 0 radical (unpaired) electrons. The van der Waals surface area contributed by atoms with E-state index >= 15 is 0 Å². The van der Waals surface area contributed by atoms with Gasteiger partial charge in [0.25, 0.3) is 0 Å². The van der Waals surface area contributed by atoms with Gasteiger partial charge in [-0.05, 0) is 65.3 Å². The molecule has 0 aliphatic rings. The standard InChI is InChI=1S/C23H31IN2O3S/c1-2-3-4-5-6-10-17-25-23(27)22(18-19-11-8-7-9-12-19)26-30(28,29)21-15-13-20(24)14-16-21/h7-9,11-16,22,26H,2-6,10,17-18H2,1H3,(H,25,27)/t22-/m0/s1. The second-order valence-corrected chi connectivity index (χ2v) is 10.3. The van der Waals surface area contributed by atoms with Crippen molar-refractivity contribution in [3.05, 3.63) is 63.7 Å². The molecule has 0 aromatic heterocycles. The second kappa shape index (κ2) is 13.1. The minimum absolute atomic E-state index is 0.157. The summed E-state index contributed by atoms with van der Waals surface area (Å²) in [4.78, 5) is 13.0. The van der Waals surface area contributed by atoms with E-state index in [1.165, 1.54) is 19.3 Å². The van der Waals surface area contributed by atoms with Crippen molar-refractivity contribution in [2.45, 2.75) is 62.8 Å². The lowest BCUT2D eigenvalue weighted by Crippen LogP contribution is -2.48. The molecule has 0 spiro atoms. The fourth-order valence-corrected chi connectivity index (χ4v) is 4.70. The molecule has 1 amide bonds. The molecular weight excluding hydrogens is 511 g/mol. The van der Waals surface area contributed by atoms with E-state index in [1.807, 2.05) is 30.3 Å². The predicted molar refractivity (Wildman–Crippen MR) is 130 cm³/mol. The van der Waals surface area contributed by atoms with Crippen LogP contribution < -0.4 is 10.0 Å². The molecule has 0 aliphatic heterocycles. The Kier molecular flexibility index (Phi) is 10.8. The third kappa shape index (κ3) is 8.73. The van der Waals surface area contributed by atoms with Gasteiger partial charge < -0.3 is 5.32 Å². The molecule has 0 saturated carbocycles. The molecule has 5 nitrogen and oxygen atoms in total. The summed E-state index contributed by atoms with van der Waals surface area (Å²) in [6.07, 6.45) is 7.10. The van der Waals surface area contributed by atoms with Gasteiger partial charge in [0.2, 0.25) is 15.9 Å². The molecule has 1 atom stereocenters. The van der Waals surface area contributed by atoms with Gasteiger partial charge in [-0.25, -0.2) is 8.42 Å². The van der Waals surface area contributed by atoms with Gasteiger partial charge >= 0.3 is 0 Å². The molecule has 0 heterocycles. The van der Waals surface area contributed by atoms with Crippen LogP contribution in [0.3, 0.4) is 0 Å². The van der Waals surface area contributed by atoms with Crippen LogP contribution in [-0.2, 0) is 21.2 Å². The van der Waals surface area contributed by atoms with Crippen LogP contribution in [0.15, 0.2) is 59.5 Å². The zero-order valence-electron chi connectivity index (χ0n) is 17.4. The molecule has 2 N–H and O–H groups in total. The Hall–Kier alpha value is -1.45. The maximum atomic E-state index is 12.8.